The molecule has 4 aliphatic carbocycles. The van der Waals surface area contributed by atoms with Gasteiger partial charge in [0.1, 0.15) is 11.5 Å². The van der Waals surface area contributed by atoms with Gasteiger partial charge in [0.05, 0.1) is 4.91 Å². The minimum Gasteiger partial charge on any atom is -0.508 e. The lowest BCUT2D eigenvalue weighted by molar-refractivity contribution is -0.115. The molecule has 1 saturated heterocycles. The van der Waals surface area contributed by atoms with Crippen LogP contribution >= 0.6 is 11.8 Å². The minimum atomic E-state index is -0.415. The van der Waals surface area contributed by atoms with Gasteiger partial charge < -0.3 is 10.2 Å². The van der Waals surface area contributed by atoms with Crippen molar-refractivity contribution in [1.82, 2.24) is 5.32 Å². The lowest BCUT2D eigenvalue weighted by atomic mass is 9.48. The Labute approximate surface area is 190 Å². The Morgan fingerprint density at radius 3 is 2.19 bits per heavy atom. The second-order valence-electron chi connectivity index (χ2n) is 10.1. The van der Waals surface area contributed by atoms with Gasteiger partial charge in [0.2, 0.25) is 0 Å². The summed E-state index contributed by atoms with van der Waals surface area (Å²) >= 11 is 0.858. The molecule has 4 saturated carbocycles. The van der Waals surface area contributed by atoms with Gasteiger partial charge >= 0.3 is 0 Å². The van der Waals surface area contributed by atoms with Crippen LogP contribution in [-0.2, 0) is 10.2 Å². The monoisotopic (exact) mass is 447 g/mol. The highest BCUT2D eigenvalue weighted by Gasteiger charge is 2.52. The molecule has 2 aromatic carbocycles. The Bertz CT molecular complexity index is 1150. The summed E-state index contributed by atoms with van der Waals surface area (Å²) in [7, 11) is 0. The van der Waals surface area contributed by atoms with E-state index in [0.717, 1.165) is 59.9 Å². The summed E-state index contributed by atoms with van der Waals surface area (Å²) in [6.45, 7) is 0. The zero-order chi connectivity index (χ0) is 22.0. The van der Waals surface area contributed by atoms with Crippen LogP contribution in [-0.4, -0.2) is 21.4 Å². The fourth-order valence-corrected chi connectivity index (χ4v) is 7.71. The zero-order valence-electron chi connectivity index (χ0n) is 17.6. The Balaban J connectivity index is 1.35. The Kier molecular flexibility index (Phi) is 4.44. The van der Waals surface area contributed by atoms with Crippen molar-refractivity contribution in [3.8, 4) is 22.6 Å². The average Bonchev–Trinajstić information content (AvgIpc) is 3.04. The van der Waals surface area contributed by atoms with E-state index in [1.807, 2.05) is 18.2 Å². The maximum Gasteiger partial charge on any atom is 0.290 e. The standard InChI is InChI=1S/C26H25NO4S/c28-21-4-2-18(10-20(21)26-11-15-5-16(12-26)7-17(6-15)13-26)19-3-1-14(8-22(19)29)9-23-24(30)27-25(31)32-23/h1-4,8-10,15-17,28-29H,5-7,11-13H2,(H,27,30,31)/b23-9-. The van der Waals surface area contributed by atoms with E-state index in [9.17, 15) is 19.8 Å². The number of nitrogens with one attached hydrogen (secondary N) is 1. The fraction of sp³-hybridized carbons (Fsp3) is 0.385. The van der Waals surface area contributed by atoms with E-state index in [2.05, 4.69) is 11.4 Å². The lowest BCUT2D eigenvalue weighted by Gasteiger charge is -2.57. The summed E-state index contributed by atoms with van der Waals surface area (Å²) in [5.41, 5.74) is 3.33. The normalized spacial score (nSPS) is 32.0. The van der Waals surface area contributed by atoms with E-state index in [4.69, 9.17) is 0 Å². The summed E-state index contributed by atoms with van der Waals surface area (Å²) < 4.78 is 0. The third-order valence-electron chi connectivity index (χ3n) is 7.88. The smallest absolute Gasteiger partial charge is 0.290 e. The molecule has 2 aromatic rings. The number of hydrogen-bond donors (Lipinski definition) is 3. The first-order valence-electron chi connectivity index (χ1n) is 11.3. The molecule has 4 bridgehead atoms. The van der Waals surface area contributed by atoms with Crippen LogP contribution < -0.4 is 5.32 Å². The van der Waals surface area contributed by atoms with Crippen molar-refractivity contribution in [2.75, 3.05) is 0 Å². The molecule has 32 heavy (non-hydrogen) atoms. The second-order valence-corrected chi connectivity index (χ2v) is 11.1. The van der Waals surface area contributed by atoms with Crippen molar-refractivity contribution < 1.29 is 19.8 Å². The first-order chi connectivity index (χ1) is 15.4. The van der Waals surface area contributed by atoms with Crippen LogP contribution in [0.5, 0.6) is 11.5 Å². The van der Waals surface area contributed by atoms with Gasteiger partial charge in [-0.3, -0.25) is 14.9 Å². The molecule has 7 rings (SSSR count). The first kappa shape index (κ1) is 19.9. The van der Waals surface area contributed by atoms with Crippen molar-refractivity contribution >= 4 is 29.0 Å². The van der Waals surface area contributed by atoms with E-state index < -0.39 is 5.91 Å². The number of thioether (sulfide) groups is 1. The summed E-state index contributed by atoms with van der Waals surface area (Å²) in [6.07, 6.45) is 9.12. The highest BCUT2D eigenvalue weighted by Crippen LogP contribution is 2.62. The number of carbonyl (C=O) groups excluding carboxylic acids is 2. The van der Waals surface area contributed by atoms with E-state index in [1.54, 1.807) is 18.2 Å². The number of rotatable bonds is 3. The highest BCUT2D eigenvalue weighted by atomic mass is 32.2. The molecule has 3 N–H and O–H groups in total. The largest absolute Gasteiger partial charge is 0.508 e. The number of carbonyl (C=O) groups is 2. The van der Waals surface area contributed by atoms with Gasteiger partial charge in [0.25, 0.3) is 11.1 Å². The van der Waals surface area contributed by atoms with Crippen LogP contribution in [0, 0.1) is 17.8 Å². The maximum atomic E-state index is 11.8. The van der Waals surface area contributed by atoms with Gasteiger partial charge in [-0.05, 0) is 109 Å². The van der Waals surface area contributed by atoms with Crippen LogP contribution in [0.25, 0.3) is 17.2 Å². The van der Waals surface area contributed by atoms with E-state index in [1.165, 1.54) is 19.3 Å². The third-order valence-corrected chi connectivity index (χ3v) is 8.69. The number of hydrogen-bond acceptors (Lipinski definition) is 5. The molecule has 2 amide bonds. The van der Waals surface area contributed by atoms with Crippen LogP contribution in [0.2, 0.25) is 0 Å². The van der Waals surface area contributed by atoms with Crippen LogP contribution in [0.3, 0.4) is 0 Å². The van der Waals surface area contributed by atoms with Crippen LogP contribution in [0.15, 0.2) is 41.3 Å². The van der Waals surface area contributed by atoms with Crippen LogP contribution in [0.4, 0.5) is 4.79 Å². The number of phenolic OH excluding ortho intramolecular Hbond substituents is 2. The van der Waals surface area contributed by atoms with Crippen molar-refractivity contribution in [1.29, 1.82) is 0 Å². The van der Waals surface area contributed by atoms with Gasteiger partial charge in [-0.2, -0.15) is 0 Å². The second kappa shape index (κ2) is 7.14. The van der Waals surface area contributed by atoms with E-state index in [-0.39, 0.29) is 16.4 Å². The molecular formula is C26H25NO4S. The Hall–Kier alpha value is -2.73. The first-order valence-corrected chi connectivity index (χ1v) is 12.1. The molecule has 5 aliphatic rings. The maximum absolute atomic E-state index is 11.8. The molecule has 5 nitrogen and oxygen atoms in total. The predicted octanol–water partition coefficient (Wildman–Crippen LogP) is 5.56. The quantitative estimate of drug-likeness (QED) is 0.537. The third kappa shape index (κ3) is 3.24. The number of amides is 2. The van der Waals surface area contributed by atoms with E-state index in [0.29, 0.717) is 21.8 Å². The summed E-state index contributed by atoms with van der Waals surface area (Å²) in [4.78, 5) is 23.5. The SMILES string of the molecule is O=C1NC(=O)/C(=C/c2ccc(-c3ccc(O)c(C45CC6CC(CC(C6)C4)C5)c3)c(O)c2)S1. The molecule has 0 atom stereocenters. The number of benzene rings is 2. The summed E-state index contributed by atoms with van der Waals surface area (Å²) in [5.74, 6) is 2.40. The number of imide groups is 1. The molecule has 6 heteroatoms. The molecule has 5 fully saturated rings. The zero-order valence-corrected chi connectivity index (χ0v) is 18.5. The van der Waals surface area contributed by atoms with Gasteiger partial charge in [-0.25, -0.2) is 0 Å². The van der Waals surface area contributed by atoms with Crippen molar-refractivity contribution in [3.05, 3.63) is 52.4 Å². The lowest BCUT2D eigenvalue weighted by Crippen LogP contribution is -2.48. The molecule has 0 aromatic heterocycles. The molecule has 164 valence electrons. The molecule has 0 radical (unpaired) electrons. The molecule has 0 spiro atoms. The summed E-state index contributed by atoms with van der Waals surface area (Å²) in [5, 5.41) is 23.4. The molecule has 1 heterocycles. The van der Waals surface area contributed by atoms with Crippen molar-refractivity contribution in [2.24, 2.45) is 17.8 Å². The van der Waals surface area contributed by atoms with Crippen LogP contribution in [0.1, 0.15) is 49.7 Å². The molecule has 1 aliphatic heterocycles. The Morgan fingerprint density at radius 2 is 1.59 bits per heavy atom. The van der Waals surface area contributed by atoms with Gasteiger partial charge in [0, 0.05) is 11.1 Å². The predicted molar refractivity (Wildman–Crippen MR) is 124 cm³/mol. The number of aromatic hydroxyl groups is 2. The average molecular weight is 448 g/mol. The molecular weight excluding hydrogens is 422 g/mol. The minimum absolute atomic E-state index is 0.0639. The highest BCUT2D eigenvalue weighted by molar-refractivity contribution is 8.18. The van der Waals surface area contributed by atoms with E-state index >= 15 is 0 Å². The topological polar surface area (TPSA) is 86.6 Å². The fourth-order valence-electron chi connectivity index (χ4n) is 7.02. The Morgan fingerprint density at radius 1 is 0.906 bits per heavy atom. The van der Waals surface area contributed by atoms with Gasteiger partial charge in [0.15, 0.2) is 0 Å². The molecule has 0 unspecified atom stereocenters. The van der Waals surface area contributed by atoms with Gasteiger partial charge in [-0.15, -0.1) is 0 Å². The van der Waals surface area contributed by atoms with Gasteiger partial charge in [-0.1, -0.05) is 18.2 Å². The number of phenols is 2. The van der Waals surface area contributed by atoms with Crippen molar-refractivity contribution in [2.45, 2.75) is 43.9 Å². The summed E-state index contributed by atoms with van der Waals surface area (Å²) in [6, 6.07) is 11.0. The van der Waals surface area contributed by atoms with Crippen molar-refractivity contribution in [3.63, 3.8) is 0 Å².